The maximum atomic E-state index is 10.8. The normalized spacial score (nSPS) is 9.61. The quantitative estimate of drug-likeness (QED) is 0.358. The largest absolute Gasteiger partial charge is 0.493 e. The van der Waals surface area contributed by atoms with Gasteiger partial charge in [-0.3, -0.25) is 10.1 Å². The number of nitro benzene ring substituents is 1. The molecule has 1 N–H and O–H groups in total. The Balaban J connectivity index is 3.11. The molecule has 0 fully saturated rings. The van der Waals surface area contributed by atoms with E-state index in [1.165, 1.54) is 19.2 Å². The average Bonchev–Trinajstić information content (AvgIpc) is 2.38. The third-order valence-electron chi connectivity index (χ3n) is 2.24. The van der Waals surface area contributed by atoms with Crippen molar-refractivity contribution in [1.29, 1.82) is 0 Å². The topological polar surface area (TPSA) is 81.8 Å². The summed E-state index contributed by atoms with van der Waals surface area (Å²) in [5, 5.41) is 19.9. The Morgan fingerprint density at radius 3 is 2.72 bits per heavy atom. The highest BCUT2D eigenvalue weighted by atomic mass is 16.6. The Morgan fingerprint density at radius 2 is 2.22 bits per heavy atom. The molecule has 0 radical (unpaired) electrons. The molecular weight excluding hydrogens is 238 g/mol. The summed E-state index contributed by atoms with van der Waals surface area (Å²) in [4.78, 5) is 10.2. The minimum atomic E-state index is -0.584. The van der Waals surface area contributed by atoms with Crippen LogP contribution in [0.15, 0.2) is 12.1 Å². The molecule has 96 valence electrons. The van der Waals surface area contributed by atoms with Crippen LogP contribution in [0, 0.1) is 22.5 Å². The van der Waals surface area contributed by atoms with Crippen molar-refractivity contribution in [2.75, 3.05) is 13.7 Å². The molecule has 0 bridgehead atoms. The predicted molar refractivity (Wildman–Crippen MR) is 64.5 cm³/mol. The number of benzene rings is 1. The lowest BCUT2D eigenvalue weighted by atomic mass is 10.1. The third-order valence-corrected chi connectivity index (χ3v) is 2.24. The van der Waals surface area contributed by atoms with Crippen LogP contribution in [0.3, 0.4) is 0 Å². The predicted octanol–water partition coefficient (Wildman–Crippen LogP) is 1.50. The number of nitro groups is 1. The van der Waals surface area contributed by atoms with Crippen molar-refractivity contribution in [2.45, 2.75) is 13.0 Å². The molecule has 0 atom stereocenters. The first-order valence-corrected chi connectivity index (χ1v) is 5.16. The summed E-state index contributed by atoms with van der Waals surface area (Å²) < 4.78 is 10.3. The molecule has 0 aliphatic heterocycles. The summed E-state index contributed by atoms with van der Waals surface area (Å²) >= 11 is 0. The Morgan fingerprint density at radius 1 is 1.50 bits per heavy atom. The van der Waals surface area contributed by atoms with Crippen molar-refractivity contribution < 1.29 is 19.5 Å². The highest BCUT2D eigenvalue weighted by molar-refractivity contribution is 5.54. The molecule has 0 unspecified atom stereocenters. The second-order valence-corrected chi connectivity index (χ2v) is 3.35. The van der Waals surface area contributed by atoms with Crippen LogP contribution in [-0.4, -0.2) is 23.7 Å². The molecule has 1 rings (SSSR count). The van der Waals surface area contributed by atoms with Crippen LogP contribution in [-0.2, 0) is 6.61 Å². The Bertz CT molecular complexity index is 478. The molecule has 6 nitrogen and oxygen atoms in total. The van der Waals surface area contributed by atoms with Crippen molar-refractivity contribution in [3.63, 3.8) is 0 Å². The number of hydrogen-bond donors (Lipinski definition) is 1. The van der Waals surface area contributed by atoms with E-state index in [1.807, 2.05) is 0 Å². The van der Waals surface area contributed by atoms with E-state index in [0.717, 1.165) is 0 Å². The summed E-state index contributed by atoms with van der Waals surface area (Å²) in [6.07, 6.45) is 5.47. The van der Waals surface area contributed by atoms with E-state index in [4.69, 9.17) is 21.0 Å². The van der Waals surface area contributed by atoms with Gasteiger partial charge in [-0.05, 0) is 6.07 Å². The third kappa shape index (κ3) is 3.12. The molecule has 0 aliphatic carbocycles. The van der Waals surface area contributed by atoms with Gasteiger partial charge in [-0.1, -0.05) is 0 Å². The van der Waals surface area contributed by atoms with E-state index in [-0.39, 0.29) is 23.6 Å². The molecule has 1 aromatic carbocycles. The standard InChI is InChI=1S/C12H13NO5/c1-3-4-5-18-12-7-10(13(15)16)9(8-14)6-11(12)17-2/h1,6-7,14H,4-5,8H2,2H3. The highest BCUT2D eigenvalue weighted by Crippen LogP contribution is 2.34. The zero-order valence-corrected chi connectivity index (χ0v) is 9.88. The smallest absolute Gasteiger partial charge is 0.278 e. The Labute approximate surface area is 104 Å². The van der Waals surface area contributed by atoms with Gasteiger partial charge in [0.1, 0.15) is 0 Å². The number of hydrogen-bond acceptors (Lipinski definition) is 5. The van der Waals surface area contributed by atoms with Crippen LogP contribution in [0.5, 0.6) is 11.5 Å². The van der Waals surface area contributed by atoms with Crippen molar-refractivity contribution in [3.8, 4) is 23.8 Å². The second kappa shape index (κ2) is 6.47. The molecule has 0 aromatic heterocycles. The fourth-order valence-electron chi connectivity index (χ4n) is 1.38. The zero-order chi connectivity index (χ0) is 13.5. The van der Waals surface area contributed by atoms with Crippen LogP contribution < -0.4 is 9.47 Å². The van der Waals surface area contributed by atoms with Gasteiger partial charge in [-0.25, -0.2) is 0 Å². The van der Waals surface area contributed by atoms with E-state index in [9.17, 15) is 10.1 Å². The number of methoxy groups -OCH3 is 1. The number of ether oxygens (including phenoxy) is 2. The molecule has 0 saturated carbocycles. The van der Waals surface area contributed by atoms with Gasteiger partial charge in [-0.2, -0.15) is 0 Å². The number of aliphatic hydroxyl groups is 1. The number of aliphatic hydroxyl groups excluding tert-OH is 1. The molecule has 6 heteroatoms. The van der Waals surface area contributed by atoms with Crippen molar-refractivity contribution in [3.05, 3.63) is 27.8 Å². The maximum Gasteiger partial charge on any atom is 0.278 e. The molecule has 1 aromatic rings. The van der Waals surface area contributed by atoms with Crippen LogP contribution in [0.2, 0.25) is 0 Å². The fourth-order valence-corrected chi connectivity index (χ4v) is 1.38. The van der Waals surface area contributed by atoms with E-state index < -0.39 is 11.5 Å². The van der Waals surface area contributed by atoms with Gasteiger partial charge < -0.3 is 14.6 Å². The highest BCUT2D eigenvalue weighted by Gasteiger charge is 2.18. The first-order chi connectivity index (χ1) is 8.63. The van der Waals surface area contributed by atoms with Gasteiger partial charge in [0.15, 0.2) is 11.5 Å². The number of terminal acetylenes is 1. The van der Waals surface area contributed by atoms with Crippen molar-refractivity contribution in [2.24, 2.45) is 0 Å². The molecule has 0 saturated heterocycles. The summed E-state index contributed by atoms with van der Waals surface area (Å²) in [5.74, 6) is 2.95. The average molecular weight is 251 g/mol. The summed E-state index contributed by atoms with van der Waals surface area (Å²) in [6, 6.07) is 2.60. The lowest BCUT2D eigenvalue weighted by Crippen LogP contribution is -2.02. The number of nitrogens with zero attached hydrogens (tertiary/aromatic N) is 1. The SMILES string of the molecule is C#CCCOc1cc([N+](=O)[O-])c(CO)cc1OC. The van der Waals surface area contributed by atoms with E-state index in [1.54, 1.807) is 0 Å². The molecule has 0 amide bonds. The van der Waals surface area contributed by atoms with Gasteiger partial charge in [0.25, 0.3) is 5.69 Å². The van der Waals surface area contributed by atoms with Gasteiger partial charge >= 0.3 is 0 Å². The summed E-state index contributed by atoms with van der Waals surface area (Å²) in [6.45, 7) is -0.209. The maximum absolute atomic E-state index is 10.8. The zero-order valence-electron chi connectivity index (χ0n) is 9.88. The Hall–Kier alpha value is -2.26. The minimum Gasteiger partial charge on any atom is -0.493 e. The van der Waals surface area contributed by atoms with Crippen LogP contribution >= 0.6 is 0 Å². The minimum absolute atomic E-state index is 0.168. The fraction of sp³-hybridized carbons (Fsp3) is 0.333. The molecule has 0 heterocycles. The molecule has 0 spiro atoms. The monoisotopic (exact) mass is 251 g/mol. The van der Waals surface area contributed by atoms with Crippen LogP contribution in [0.4, 0.5) is 5.69 Å². The van der Waals surface area contributed by atoms with Gasteiger partial charge in [0.2, 0.25) is 0 Å². The number of rotatable bonds is 6. The molecule has 18 heavy (non-hydrogen) atoms. The van der Waals surface area contributed by atoms with Gasteiger partial charge in [-0.15, -0.1) is 12.3 Å². The lowest BCUT2D eigenvalue weighted by molar-refractivity contribution is -0.385. The first-order valence-electron chi connectivity index (χ1n) is 5.16. The lowest BCUT2D eigenvalue weighted by Gasteiger charge is -2.11. The van der Waals surface area contributed by atoms with Crippen LogP contribution in [0.25, 0.3) is 0 Å². The molecule has 0 aliphatic rings. The van der Waals surface area contributed by atoms with E-state index >= 15 is 0 Å². The van der Waals surface area contributed by atoms with Gasteiger partial charge in [0.05, 0.1) is 36.9 Å². The second-order valence-electron chi connectivity index (χ2n) is 3.35. The van der Waals surface area contributed by atoms with Crippen LogP contribution in [0.1, 0.15) is 12.0 Å². The molecular formula is C12H13NO5. The summed E-state index contributed by atoms with van der Waals surface area (Å²) in [5.41, 5.74) is -0.0462. The van der Waals surface area contributed by atoms with Crippen molar-refractivity contribution >= 4 is 5.69 Å². The first kappa shape index (κ1) is 13.8. The van der Waals surface area contributed by atoms with Gasteiger partial charge in [0, 0.05) is 6.42 Å². The summed E-state index contributed by atoms with van der Waals surface area (Å²) in [7, 11) is 1.41. The Kier molecular flexibility index (Phi) is 4.96. The van der Waals surface area contributed by atoms with E-state index in [2.05, 4.69) is 5.92 Å². The van der Waals surface area contributed by atoms with Crippen molar-refractivity contribution in [1.82, 2.24) is 0 Å². The van der Waals surface area contributed by atoms with E-state index in [0.29, 0.717) is 12.2 Å².